The normalized spacial score (nSPS) is 11.1. The van der Waals surface area contributed by atoms with Gasteiger partial charge in [0.15, 0.2) is 11.6 Å². The SMILES string of the molecule is CNC(=O)CN(C)c1cccc(S(=O)(=O)Nc2nc3ccccc3nc2Nc2cc(OC)ccc2C)c1. The van der Waals surface area contributed by atoms with E-state index in [-0.39, 0.29) is 29.0 Å². The first-order chi connectivity index (χ1) is 17.7. The fourth-order valence-corrected chi connectivity index (χ4v) is 4.66. The molecule has 1 amide bonds. The Balaban J connectivity index is 1.72. The number of carbonyl (C=O) groups is 1. The fourth-order valence-electron chi connectivity index (χ4n) is 3.61. The molecule has 3 N–H and O–H groups in total. The summed E-state index contributed by atoms with van der Waals surface area (Å²) in [5.41, 5.74) is 3.32. The number of likely N-dealkylation sites (N-methyl/N-ethyl adjacent to an activating group) is 2. The van der Waals surface area contributed by atoms with E-state index >= 15 is 0 Å². The Morgan fingerprint density at radius 2 is 1.68 bits per heavy atom. The minimum Gasteiger partial charge on any atom is -0.497 e. The van der Waals surface area contributed by atoms with Gasteiger partial charge in [0.1, 0.15) is 5.75 Å². The van der Waals surface area contributed by atoms with Crippen LogP contribution >= 0.6 is 0 Å². The number of nitrogens with zero attached hydrogens (tertiary/aromatic N) is 3. The summed E-state index contributed by atoms with van der Waals surface area (Å²) in [7, 11) is 0.775. The van der Waals surface area contributed by atoms with E-state index in [0.717, 1.165) is 5.56 Å². The average Bonchev–Trinajstić information content (AvgIpc) is 2.90. The molecular formula is C26H28N6O4S. The van der Waals surface area contributed by atoms with E-state index in [1.54, 1.807) is 62.5 Å². The predicted octanol–water partition coefficient (Wildman–Crippen LogP) is 3.67. The monoisotopic (exact) mass is 520 g/mol. The molecule has 0 saturated carbocycles. The molecule has 0 aliphatic rings. The van der Waals surface area contributed by atoms with E-state index in [1.807, 2.05) is 25.1 Å². The van der Waals surface area contributed by atoms with Crippen LogP contribution in [0.5, 0.6) is 5.75 Å². The molecule has 3 aromatic carbocycles. The molecule has 0 aliphatic carbocycles. The summed E-state index contributed by atoms with van der Waals surface area (Å²) in [6, 6.07) is 19.1. The molecule has 0 bridgehead atoms. The smallest absolute Gasteiger partial charge is 0.263 e. The summed E-state index contributed by atoms with van der Waals surface area (Å²) in [6.45, 7) is 2.00. The predicted molar refractivity (Wildman–Crippen MR) is 145 cm³/mol. The highest BCUT2D eigenvalue weighted by atomic mass is 32.2. The average molecular weight is 521 g/mol. The van der Waals surface area contributed by atoms with Crippen LogP contribution in [0.1, 0.15) is 5.56 Å². The molecule has 0 fully saturated rings. The van der Waals surface area contributed by atoms with Crippen LogP contribution in [-0.4, -0.2) is 52.0 Å². The zero-order valence-corrected chi connectivity index (χ0v) is 21.8. The number of hydrogen-bond acceptors (Lipinski definition) is 8. The Morgan fingerprint density at radius 3 is 2.35 bits per heavy atom. The van der Waals surface area contributed by atoms with E-state index in [0.29, 0.717) is 28.2 Å². The van der Waals surface area contributed by atoms with Crippen LogP contribution in [0.4, 0.5) is 23.0 Å². The lowest BCUT2D eigenvalue weighted by molar-refractivity contribution is -0.119. The number of aryl methyl sites for hydroxylation is 1. The van der Waals surface area contributed by atoms with Crippen molar-refractivity contribution in [3.8, 4) is 5.75 Å². The maximum atomic E-state index is 13.4. The Kier molecular flexibility index (Phi) is 7.44. The van der Waals surface area contributed by atoms with Gasteiger partial charge in [-0.15, -0.1) is 0 Å². The summed E-state index contributed by atoms with van der Waals surface area (Å²) < 4.78 is 34.8. The van der Waals surface area contributed by atoms with Crippen LogP contribution in [0.2, 0.25) is 0 Å². The Hall–Kier alpha value is -4.38. The molecule has 0 unspecified atom stereocenters. The minimum atomic E-state index is -4.05. The van der Waals surface area contributed by atoms with Gasteiger partial charge < -0.3 is 20.3 Å². The quantitative estimate of drug-likeness (QED) is 0.305. The van der Waals surface area contributed by atoms with Crippen molar-refractivity contribution in [3.63, 3.8) is 0 Å². The summed E-state index contributed by atoms with van der Waals surface area (Å²) in [5, 5.41) is 5.76. The molecule has 0 radical (unpaired) electrons. The zero-order valence-electron chi connectivity index (χ0n) is 20.9. The van der Waals surface area contributed by atoms with E-state index in [9.17, 15) is 13.2 Å². The van der Waals surface area contributed by atoms with Crippen LogP contribution < -0.4 is 25.0 Å². The molecule has 0 saturated heterocycles. The van der Waals surface area contributed by atoms with Crippen molar-refractivity contribution in [3.05, 3.63) is 72.3 Å². The molecule has 10 nitrogen and oxygen atoms in total. The largest absolute Gasteiger partial charge is 0.497 e. The highest BCUT2D eigenvalue weighted by Gasteiger charge is 2.21. The number of fused-ring (bicyclic) bond motifs is 1. The van der Waals surface area contributed by atoms with E-state index in [4.69, 9.17) is 4.74 Å². The highest BCUT2D eigenvalue weighted by Crippen LogP contribution is 2.30. The Labute approximate surface area is 215 Å². The van der Waals surface area contributed by atoms with Crippen LogP contribution in [0.25, 0.3) is 11.0 Å². The van der Waals surface area contributed by atoms with Crippen molar-refractivity contribution >= 4 is 50.0 Å². The Bertz CT molecular complexity index is 1560. The number of sulfonamides is 1. The van der Waals surface area contributed by atoms with Gasteiger partial charge in [0.2, 0.25) is 5.91 Å². The van der Waals surface area contributed by atoms with Crippen molar-refractivity contribution in [1.82, 2.24) is 15.3 Å². The minimum absolute atomic E-state index is 0.0206. The van der Waals surface area contributed by atoms with E-state index < -0.39 is 10.0 Å². The number of benzene rings is 3. The topological polar surface area (TPSA) is 126 Å². The number of ether oxygens (including phenoxy) is 1. The lowest BCUT2D eigenvalue weighted by Crippen LogP contribution is -2.33. The summed E-state index contributed by atoms with van der Waals surface area (Å²) in [5.74, 6) is 0.738. The van der Waals surface area contributed by atoms with E-state index in [1.165, 1.54) is 12.1 Å². The van der Waals surface area contributed by atoms with Crippen molar-refractivity contribution in [2.24, 2.45) is 0 Å². The maximum Gasteiger partial charge on any atom is 0.263 e. The second kappa shape index (κ2) is 10.7. The van der Waals surface area contributed by atoms with Gasteiger partial charge in [-0.3, -0.25) is 9.52 Å². The highest BCUT2D eigenvalue weighted by molar-refractivity contribution is 7.92. The summed E-state index contributed by atoms with van der Waals surface area (Å²) in [4.78, 5) is 22.6. The van der Waals surface area contributed by atoms with Crippen LogP contribution in [-0.2, 0) is 14.8 Å². The number of hydrogen-bond donors (Lipinski definition) is 3. The first-order valence-electron chi connectivity index (χ1n) is 11.4. The second-order valence-corrected chi connectivity index (χ2v) is 10.0. The lowest BCUT2D eigenvalue weighted by atomic mass is 10.2. The third-order valence-electron chi connectivity index (χ3n) is 5.73. The molecule has 0 aliphatic heterocycles. The molecule has 0 spiro atoms. The molecule has 0 atom stereocenters. The molecule has 192 valence electrons. The first-order valence-corrected chi connectivity index (χ1v) is 12.9. The number of methoxy groups -OCH3 is 1. The van der Waals surface area contributed by atoms with Gasteiger partial charge >= 0.3 is 0 Å². The lowest BCUT2D eigenvalue weighted by Gasteiger charge is -2.19. The molecule has 4 rings (SSSR count). The molecular weight excluding hydrogens is 492 g/mol. The van der Waals surface area contributed by atoms with Gasteiger partial charge in [0.05, 0.1) is 29.6 Å². The fraction of sp³-hybridized carbons (Fsp3) is 0.192. The van der Waals surface area contributed by atoms with Crippen molar-refractivity contribution in [2.45, 2.75) is 11.8 Å². The Morgan fingerprint density at radius 1 is 0.973 bits per heavy atom. The second-order valence-electron chi connectivity index (χ2n) is 8.35. The van der Waals surface area contributed by atoms with Crippen molar-refractivity contribution in [2.75, 3.05) is 42.7 Å². The maximum absolute atomic E-state index is 13.4. The van der Waals surface area contributed by atoms with Crippen LogP contribution in [0, 0.1) is 6.92 Å². The number of rotatable bonds is 9. The summed E-state index contributed by atoms with van der Waals surface area (Å²) >= 11 is 0. The molecule has 37 heavy (non-hydrogen) atoms. The van der Waals surface area contributed by atoms with Gasteiger partial charge in [0.25, 0.3) is 10.0 Å². The number of aromatic nitrogens is 2. The number of para-hydroxylation sites is 2. The zero-order chi connectivity index (χ0) is 26.6. The number of anilines is 4. The number of amides is 1. The summed E-state index contributed by atoms with van der Waals surface area (Å²) in [6.07, 6.45) is 0. The van der Waals surface area contributed by atoms with Gasteiger partial charge in [0, 0.05) is 31.5 Å². The number of nitrogens with one attached hydrogen (secondary N) is 3. The standard InChI is InChI=1S/C26H28N6O4S/c1-17-12-13-19(36-4)15-23(17)30-25-26(29-22-11-6-5-10-21(22)28-25)31-37(34,35)20-9-7-8-18(14-20)32(3)16-24(33)27-2/h5-15H,16H2,1-4H3,(H,27,33)(H,28,30)(H,29,31). The van der Waals surface area contributed by atoms with E-state index in [2.05, 4.69) is 25.3 Å². The van der Waals surface area contributed by atoms with Crippen LogP contribution in [0.15, 0.2) is 71.6 Å². The van der Waals surface area contributed by atoms with Gasteiger partial charge in [-0.2, -0.15) is 0 Å². The van der Waals surface area contributed by atoms with Gasteiger partial charge in [-0.05, 0) is 48.9 Å². The van der Waals surface area contributed by atoms with Gasteiger partial charge in [-0.25, -0.2) is 18.4 Å². The first kappa shape index (κ1) is 25.7. The molecule has 11 heteroatoms. The number of carbonyl (C=O) groups excluding carboxylic acids is 1. The third-order valence-corrected chi connectivity index (χ3v) is 7.06. The van der Waals surface area contributed by atoms with Crippen LogP contribution in [0.3, 0.4) is 0 Å². The molecule has 1 aromatic heterocycles. The van der Waals surface area contributed by atoms with Crippen molar-refractivity contribution in [1.29, 1.82) is 0 Å². The van der Waals surface area contributed by atoms with Crippen molar-refractivity contribution < 1.29 is 17.9 Å². The molecule has 4 aromatic rings. The van der Waals surface area contributed by atoms with Gasteiger partial charge in [-0.1, -0.05) is 24.3 Å². The molecule has 1 heterocycles. The third kappa shape index (κ3) is 5.89.